The fraction of sp³-hybridized carbons (Fsp3) is 0.625. The van der Waals surface area contributed by atoms with Crippen LogP contribution >= 0.6 is 0 Å². The predicted octanol–water partition coefficient (Wildman–Crippen LogP) is 3.67. The van der Waals surface area contributed by atoms with Crippen molar-refractivity contribution in [1.29, 1.82) is 0 Å². The summed E-state index contributed by atoms with van der Waals surface area (Å²) in [5.41, 5.74) is -0.919. The molecule has 0 bridgehead atoms. The highest BCUT2D eigenvalue weighted by molar-refractivity contribution is 5.69. The molecule has 0 aliphatic rings. The second-order valence-electron chi connectivity index (χ2n) is 7.08. The van der Waals surface area contributed by atoms with E-state index in [1.807, 2.05) is 41.5 Å². The van der Waals surface area contributed by atoms with Crippen LogP contribution in [-0.2, 0) is 4.74 Å². The van der Waals surface area contributed by atoms with Crippen LogP contribution in [0.4, 0.5) is 15.0 Å². The molecule has 5 nitrogen and oxygen atoms in total. The van der Waals surface area contributed by atoms with E-state index in [1.54, 1.807) is 17.0 Å². The number of amides is 1. The van der Waals surface area contributed by atoms with Gasteiger partial charge in [-0.1, -0.05) is 6.07 Å². The van der Waals surface area contributed by atoms with Crippen molar-refractivity contribution in [2.24, 2.45) is 0 Å². The molecule has 0 saturated carbocycles. The van der Waals surface area contributed by atoms with E-state index >= 15 is 0 Å². The van der Waals surface area contributed by atoms with Gasteiger partial charge in [-0.3, -0.25) is 0 Å². The first-order valence-electron chi connectivity index (χ1n) is 7.36. The molecule has 1 rings (SSSR count). The summed E-state index contributed by atoms with van der Waals surface area (Å²) in [5.74, 6) is -0.0946. The first-order valence-corrected chi connectivity index (χ1v) is 7.36. The molecule has 0 fully saturated rings. The Morgan fingerprint density at radius 3 is 2.41 bits per heavy atom. The Hall–Kier alpha value is -1.85. The molecular formula is C16H26FN3O2. The molecule has 0 aliphatic heterocycles. The Morgan fingerprint density at radius 1 is 1.27 bits per heavy atom. The molecule has 1 N–H and O–H groups in total. The maximum atomic E-state index is 13.0. The van der Waals surface area contributed by atoms with Gasteiger partial charge in [0.25, 0.3) is 0 Å². The van der Waals surface area contributed by atoms with Crippen molar-refractivity contribution >= 4 is 11.9 Å². The van der Waals surface area contributed by atoms with Crippen molar-refractivity contribution in [2.45, 2.75) is 52.7 Å². The van der Waals surface area contributed by atoms with Crippen LogP contribution in [0.25, 0.3) is 0 Å². The van der Waals surface area contributed by atoms with E-state index in [1.165, 1.54) is 6.07 Å². The highest BCUT2D eigenvalue weighted by Gasteiger charge is 2.30. The van der Waals surface area contributed by atoms with Gasteiger partial charge in [0.05, 0.1) is 0 Å². The summed E-state index contributed by atoms with van der Waals surface area (Å²) in [5, 5.41) is 3.01. The van der Waals surface area contributed by atoms with E-state index in [0.717, 1.165) is 0 Å². The summed E-state index contributed by atoms with van der Waals surface area (Å²) in [6.07, 6.45) is -0.367. The Balaban J connectivity index is 2.65. The number of aromatic nitrogens is 1. The topological polar surface area (TPSA) is 54.5 Å². The van der Waals surface area contributed by atoms with Crippen LogP contribution in [0, 0.1) is 5.95 Å². The number of nitrogens with zero attached hydrogens (tertiary/aromatic N) is 2. The average Bonchev–Trinajstić information content (AvgIpc) is 2.30. The lowest BCUT2D eigenvalue weighted by molar-refractivity contribution is 0.00748. The third-order valence-electron chi connectivity index (χ3n) is 2.78. The molecule has 6 heteroatoms. The third kappa shape index (κ3) is 6.28. The number of hydrogen-bond donors (Lipinski definition) is 1. The van der Waals surface area contributed by atoms with Crippen LogP contribution < -0.4 is 5.32 Å². The largest absolute Gasteiger partial charge is 0.444 e. The minimum absolute atomic E-state index is 0.367. The number of nitrogens with one attached hydrogen (secondary N) is 1. The molecule has 1 aromatic rings. The maximum Gasteiger partial charge on any atom is 0.410 e. The second-order valence-corrected chi connectivity index (χ2v) is 7.08. The summed E-state index contributed by atoms with van der Waals surface area (Å²) in [4.78, 5) is 17.7. The molecule has 124 valence electrons. The molecule has 0 unspecified atom stereocenters. The fourth-order valence-corrected chi connectivity index (χ4v) is 1.82. The van der Waals surface area contributed by atoms with Gasteiger partial charge in [-0.15, -0.1) is 0 Å². The number of anilines is 1. The van der Waals surface area contributed by atoms with Crippen molar-refractivity contribution in [1.82, 2.24) is 9.88 Å². The third-order valence-corrected chi connectivity index (χ3v) is 2.78. The Kier molecular flexibility index (Phi) is 5.74. The van der Waals surface area contributed by atoms with Gasteiger partial charge in [-0.25, -0.2) is 9.78 Å². The van der Waals surface area contributed by atoms with E-state index in [-0.39, 0.29) is 11.6 Å². The number of rotatable bonds is 4. The first-order chi connectivity index (χ1) is 9.99. The smallest absolute Gasteiger partial charge is 0.410 e. The van der Waals surface area contributed by atoms with Crippen LogP contribution in [0.3, 0.4) is 0 Å². The molecule has 0 aromatic carbocycles. The molecule has 1 aromatic heterocycles. The van der Waals surface area contributed by atoms with Gasteiger partial charge in [-0.05, 0) is 53.7 Å². The highest BCUT2D eigenvalue weighted by atomic mass is 19.1. The van der Waals surface area contributed by atoms with Crippen molar-refractivity contribution in [2.75, 3.05) is 18.4 Å². The average molecular weight is 311 g/mol. The van der Waals surface area contributed by atoms with Crippen molar-refractivity contribution in [3.05, 3.63) is 24.1 Å². The predicted molar refractivity (Wildman–Crippen MR) is 85.4 cm³/mol. The molecule has 0 atom stereocenters. The normalized spacial score (nSPS) is 12.0. The van der Waals surface area contributed by atoms with Gasteiger partial charge < -0.3 is 15.0 Å². The summed E-state index contributed by atoms with van der Waals surface area (Å²) in [7, 11) is 0. The van der Waals surface area contributed by atoms with Gasteiger partial charge in [0.1, 0.15) is 11.4 Å². The summed E-state index contributed by atoms with van der Waals surface area (Å²) < 4.78 is 18.5. The van der Waals surface area contributed by atoms with Crippen molar-refractivity contribution in [3.63, 3.8) is 0 Å². The van der Waals surface area contributed by atoms with E-state index < -0.39 is 11.5 Å². The van der Waals surface area contributed by atoms with Gasteiger partial charge >= 0.3 is 6.09 Å². The molecule has 1 amide bonds. The van der Waals surface area contributed by atoms with E-state index in [2.05, 4.69) is 10.3 Å². The number of ether oxygens (including phenoxy) is 1. The zero-order valence-corrected chi connectivity index (χ0v) is 14.2. The SMILES string of the molecule is CC(C)(C)OC(=O)N(CCNc1cccc(F)n1)C(C)(C)C. The van der Waals surface area contributed by atoms with Crippen LogP contribution in [0.2, 0.25) is 0 Å². The van der Waals surface area contributed by atoms with Crippen LogP contribution in [0.1, 0.15) is 41.5 Å². The highest BCUT2D eigenvalue weighted by Crippen LogP contribution is 2.18. The minimum Gasteiger partial charge on any atom is -0.444 e. The lowest BCUT2D eigenvalue weighted by atomic mass is 10.1. The first kappa shape index (κ1) is 18.2. The van der Waals surface area contributed by atoms with E-state index in [0.29, 0.717) is 18.9 Å². The number of carbonyl (C=O) groups is 1. The van der Waals surface area contributed by atoms with E-state index in [9.17, 15) is 9.18 Å². The molecule has 0 aliphatic carbocycles. The monoisotopic (exact) mass is 311 g/mol. The molecule has 0 radical (unpaired) electrons. The maximum absolute atomic E-state index is 13.0. The lowest BCUT2D eigenvalue weighted by Gasteiger charge is -2.36. The minimum atomic E-state index is -0.544. The second kappa shape index (κ2) is 6.94. The molecule has 1 heterocycles. The van der Waals surface area contributed by atoms with Gasteiger partial charge in [0.15, 0.2) is 0 Å². The summed E-state index contributed by atoms with van der Waals surface area (Å²) in [6.45, 7) is 12.2. The number of hydrogen-bond acceptors (Lipinski definition) is 4. The van der Waals surface area contributed by atoms with Crippen molar-refractivity contribution < 1.29 is 13.9 Å². The van der Waals surface area contributed by atoms with Gasteiger partial charge in [-0.2, -0.15) is 4.39 Å². The zero-order valence-electron chi connectivity index (χ0n) is 14.2. The summed E-state index contributed by atoms with van der Waals surface area (Å²) in [6, 6.07) is 4.55. The number of halogens is 1. The zero-order chi connectivity index (χ0) is 17.0. The Labute approximate surface area is 131 Å². The number of carbonyl (C=O) groups excluding carboxylic acids is 1. The molecular weight excluding hydrogens is 285 g/mol. The standard InChI is InChI=1S/C16H26FN3O2/c1-15(2,3)20(14(21)22-16(4,5)6)11-10-18-13-9-7-8-12(17)19-13/h7-9H,10-11H2,1-6H3,(H,18,19). The van der Waals surface area contributed by atoms with Crippen LogP contribution in [0.15, 0.2) is 18.2 Å². The Morgan fingerprint density at radius 2 is 1.91 bits per heavy atom. The lowest BCUT2D eigenvalue weighted by Crippen LogP contribution is -2.49. The molecule has 22 heavy (non-hydrogen) atoms. The molecule has 0 spiro atoms. The van der Waals surface area contributed by atoms with Crippen molar-refractivity contribution in [3.8, 4) is 0 Å². The quantitative estimate of drug-likeness (QED) is 0.862. The fourth-order valence-electron chi connectivity index (χ4n) is 1.82. The molecule has 0 saturated heterocycles. The van der Waals surface area contributed by atoms with Crippen LogP contribution in [-0.4, -0.2) is 40.2 Å². The van der Waals surface area contributed by atoms with Crippen LogP contribution in [0.5, 0.6) is 0 Å². The number of pyridine rings is 1. The van der Waals surface area contributed by atoms with E-state index in [4.69, 9.17) is 4.74 Å². The van der Waals surface area contributed by atoms with Gasteiger partial charge in [0, 0.05) is 18.6 Å². The van der Waals surface area contributed by atoms with Gasteiger partial charge in [0.2, 0.25) is 5.95 Å². The Bertz CT molecular complexity index is 507. The summed E-state index contributed by atoms with van der Waals surface area (Å²) >= 11 is 0.